The number of nitrogens with zero attached hydrogens (tertiary/aromatic N) is 5. The van der Waals surface area contributed by atoms with Crippen LogP contribution in [0.4, 0.5) is 5.69 Å². The van der Waals surface area contributed by atoms with E-state index in [1.165, 1.54) is 5.69 Å². The third kappa shape index (κ3) is 3.70. The number of phenols is 1. The first-order valence-electron chi connectivity index (χ1n) is 10.6. The van der Waals surface area contributed by atoms with Gasteiger partial charge in [-0.05, 0) is 43.5 Å². The molecule has 0 amide bonds. The number of hydrogen-bond donors (Lipinski definition) is 1. The summed E-state index contributed by atoms with van der Waals surface area (Å²) in [6.45, 7) is 10.6. The predicted octanol–water partition coefficient (Wildman–Crippen LogP) is 5.07. The molecule has 1 N–H and O–H groups in total. The van der Waals surface area contributed by atoms with Crippen LogP contribution in [0, 0.1) is 12.8 Å². The van der Waals surface area contributed by atoms with Crippen molar-refractivity contribution in [2.75, 3.05) is 18.0 Å². The molecular weight excluding hydrogens is 374 g/mol. The standard InChI is InChI=1S/C24H29N5O/c1-6-9-29(13-15(2)3)19-7-8-21-17(10-19)12-25-24(26-21)20-11-18-14-28(5)27-22(18)16(4)23(20)30/h7-8,10-12,14-15,30H,6,9,13H2,1-5H3. The van der Waals surface area contributed by atoms with Crippen molar-refractivity contribution < 1.29 is 5.11 Å². The van der Waals surface area contributed by atoms with Gasteiger partial charge in [0.2, 0.25) is 0 Å². The molecular formula is C24H29N5O. The molecule has 30 heavy (non-hydrogen) atoms. The second kappa shape index (κ2) is 7.94. The van der Waals surface area contributed by atoms with Crippen LogP contribution in [0.2, 0.25) is 0 Å². The second-order valence-electron chi connectivity index (χ2n) is 8.41. The molecule has 6 nitrogen and oxygen atoms in total. The van der Waals surface area contributed by atoms with Crippen LogP contribution >= 0.6 is 0 Å². The van der Waals surface area contributed by atoms with Crippen molar-refractivity contribution in [3.05, 3.63) is 42.2 Å². The summed E-state index contributed by atoms with van der Waals surface area (Å²) in [4.78, 5) is 11.8. The van der Waals surface area contributed by atoms with Crippen LogP contribution < -0.4 is 4.90 Å². The summed E-state index contributed by atoms with van der Waals surface area (Å²) in [5.41, 5.74) is 4.24. The Bertz CT molecular complexity index is 1210. The first-order chi connectivity index (χ1) is 14.4. The Morgan fingerprint density at radius 3 is 2.70 bits per heavy atom. The Labute approximate surface area is 177 Å². The fourth-order valence-electron chi connectivity index (χ4n) is 4.00. The molecule has 0 radical (unpaired) electrons. The lowest BCUT2D eigenvalue weighted by atomic mass is 10.0. The number of phenolic OH excluding ortho intramolecular Hbond substituents is 1. The normalized spacial score (nSPS) is 11.7. The predicted molar refractivity (Wildman–Crippen MR) is 123 cm³/mol. The fraction of sp³-hybridized carbons (Fsp3) is 0.375. The maximum atomic E-state index is 10.8. The first-order valence-corrected chi connectivity index (χ1v) is 10.6. The van der Waals surface area contributed by atoms with Gasteiger partial charge in [0.05, 0.1) is 16.6 Å². The van der Waals surface area contributed by atoms with Crippen LogP contribution in [-0.2, 0) is 7.05 Å². The number of fused-ring (bicyclic) bond motifs is 2. The molecule has 0 atom stereocenters. The average molecular weight is 404 g/mol. The molecule has 0 aliphatic carbocycles. The minimum absolute atomic E-state index is 0.184. The highest BCUT2D eigenvalue weighted by Gasteiger charge is 2.16. The van der Waals surface area contributed by atoms with E-state index in [4.69, 9.17) is 4.98 Å². The largest absolute Gasteiger partial charge is 0.507 e. The van der Waals surface area contributed by atoms with E-state index in [0.29, 0.717) is 17.3 Å². The molecule has 0 unspecified atom stereocenters. The van der Waals surface area contributed by atoms with Crippen molar-refractivity contribution in [2.24, 2.45) is 13.0 Å². The SMILES string of the molecule is CCCN(CC(C)C)c1ccc2nc(-c3cc4cn(C)nc4c(C)c3O)ncc2c1. The number of benzene rings is 2. The van der Waals surface area contributed by atoms with Crippen molar-refractivity contribution >= 4 is 27.5 Å². The molecule has 0 bridgehead atoms. The Morgan fingerprint density at radius 1 is 1.17 bits per heavy atom. The molecule has 4 rings (SSSR count). The van der Waals surface area contributed by atoms with Gasteiger partial charge in [-0.3, -0.25) is 4.68 Å². The van der Waals surface area contributed by atoms with Gasteiger partial charge in [-0.25, -0.2) is 9.97 Å². The maximum Gasteiger partial charge on any atom is 0.163 e. The molecule has 0 saturated heterocycles. The molecule has 0 saturated carbocycles. The van der Waals surface area contributed by atoms with E-state index in [0.717, 1.165) is 46.9 Å². The van der Waals surface area contributed by atoms with Gasteiger partial charge in [0.15, 0.2) is 5.82 Å². The van der Waals surface area contributed by atoms with Gasteiger partial charge in [-0.1, -0.05) is 20.8 Å². The number of anilines is 1. The highest BCUT2D eigenvalue weighted by atomic mass is 16.3. The van der Waals surface area contributed by atoms with E-state index in [2.05, 4.69) is 47.9 Å². The number of aromatic nitrogens is 4. The molecule has 2 aromatic carbocycles. The average Bonchev–Trinajstić information content (AvgIpc) is 3.10. The molecule has 0 aliphatic heterocycles. The minimum Gasteiger partial charge on any atom is -0.507 e. The summed E-state index contributed by atoms with van der Waals surface area (Å²) in [5.74, 6) is 1.30. The summed E-state index contributed by atoms with van der Waals surface area (Å²) in [6.07, 6.45) is 4.90. The number of rotatable bonds is 6. The van der Waals surface area contributed by atoms with E-state index in [9.17, 15) is 5.11 Å². The summed E-state index contributed by atoms with van der Waals surface area (Å²) in [5, 5.41) is 17.1. The van der Waals surface area contributed by atoms with Crippen LogP contribution in [0.1, 0.15) is 32.8 Å². The van der Waals surface area contributed by atoms with Crippen LogP contribution in [0.25, 0.3) is 33.2 Å². The van der Waals surface area contributed by atoms with E-state index in [1.54, 1.807) is 4.68 Å². The van der Waals surface area contributed by atoms with Crippen molar-refractivity contribution in [3.63, 3.8) is 0 Å². The molecule has 2 aromatic heterocycles. The Kier molecular flexibility index (Phi) is 5.33. The van der Waals surface area contributed by atoms with Crippen LogP contribution in [0.15, 0.2) is 36.7 Å². The zero-order valence-corrected chi connectivity index (χ0v) is 18.3. The molecule has 2 heterocycles. The van der Waals surface area contributed by atoms with Gasteiger partial charge in [0.25, 0.3) is 0 Å². The zero-order valence-electron chi connectivity index (χ0n) is 18.3. The van der Waals surface area contributed by atoms with Crippen molar-refractivity contribution in [1.29, 1.82) is 0 Å². The lowest BCUT2D eigenvalue weighted by Gasteiger charge is -2.26. The van der Waals surface area contributed by atoms with E-state index < -0.39 is 0 Å². The summed E-state index contributed by atoms with van der Waals surface area (Å²) < 4.78 is 1.75. The number of hydrogen-bond acceptors (Lipinski definition) is 5. The molecule has 4 aromatic rings. The summed E-state index contributed by atoms with van der Waals surface area (Å²) in [7, 11) is 1.88. The Hall–Kier alpha value is -3.15. The zero-order chi connectivity index (χ0) is 21.4. The van der Waals surface area contributed by atoms with Crippen LogP contribution in [0.3, 0.4) is 0 Å². The molecule has 6 heteroatoms. The van der Waals surface area contributed by atoms with Gasteiger partial charge in [0.1, 0.15) is 5.75 Å². The molecule has 0 aliphatic rings. The topological polar surface area (TPSA) is 67.1 Å². The highest BCUT2D eigenvalue weighted by Crippen LogP contribution is 2.35. The quantitative estimate of drug-likeness (QED) is 0.487. The van der Waals surface area contributed by atoms with E-state index in [1.807, 2.05) is 38.5 Å². The lowest BCUT2D eigenvalue weighted by molar-refractivity contribution is 0.473. The van der Waals surface area contributed by atoms with E-state index >= 15 is 0 Å². The Balaban J connectivity index is 1.76. The smallest absolute Gasteiger partial charge is 0.163 e. The number of aryl methyl sites for hydroxylation is 2. The number of aromatic hydroxyl groups is 1. The third-order valence-corrected chi connectivity index (χ3v) is 5.37. The van der Waals surface area contributed by atoms with Gasteiger partial charge < -0.3 is 10.0 Å². The lowest BCUT2D eigenvalue weighted by Crippen LogP contribution is -2.28. The Morgan fingerprint density at radius 2 is 1.97 bits per heavy atom. The fourth-order valence-corrected chi connectivity index (χ4v) is 4.00. The second-order valence-corrected chi connectivity index (χ2v) is 8.41. The monoisotopic (exact) mass is 403 g/mol. The third-order valence-electron chi connectivity index (χ3n) is 5.37. The van der Waals surface area contributed by atoms with Crippen LogP contribution in [0.5, 0.6) is 5.75 Å². The molecule has 0 fully saturated rings. The molecule has 156 valence electrons. The van der Waals surface area contributed by atoms with Gasteiger partial charge in [0, 0.05) is 54.6 Å². The highest BCUT2D eigenvalue weighted by molar-refractivity contribution is 5.91. The van der Waals surface area contributed by atoms with Crippen molar-refractivity contribution in [3.8, 4) is 17.1 Å². The van der Waals surface area contributed by atoms with Gasteiger partial charge >= 0.3 is 0 Å². The van der Waals surface area contributed by atoms with Gasteiger partial charge in [-0.2, -0.15) is 5.10 Å². The summed E-state index contributed by atoms with van der Waals surface area (Å²) in [6, 6.07) is 8.25. The van der Waals surface area contributed by atoms with Crippen molar-refractivity contribution in [1.82, 2.24) is 19.7 Å². The minimum atomic E-state index is 0.184. The summed E-state index contributed by atoms with van der Waals surface area (Å²) >= 11 is 0. The van der Waals surface area contributed by atoms with Crippen molar-refractivity contribution in [2.45, 2.75) is 34.1 Å². The molecule has 0 spiro atoms. The first kappa shape index (κ1) is 20.1. The van der Waals surface area contributed by atoms with E-state index in [-0.39, 0.29) is 5.75 Å². The van der Waals surface area contributed by atoms with Gasteiger partial charge in [-0.15, -0.1) is 0 Å². The van der Waals surface area contributed by atoms with Crippen LogP contribution in [-0.4, -0.2) is 37.9 Å². The maximum absolute atomic E-state index is 10.8.